The Kier molecular flexibility index (Phi) is 3.94. The molecule has 0 bridgehead atoms. The molecule has 0 amide bonds. The van der Waals surface area contributed by atoms with Crippen molar-refractivity contribution in [1.29, 1.82) is 0 Å². The zero-order valence-corrected chi connectivity index (χ0v) is 12.4. The highest BCUT2D eigenvalue weighted by Crippen LogP contribution is 2.23. The lowest BCUT2D eigenvalue weighted by molar-refractivity contribution is 0.406. The van der Waals surface area contributed by atoms with Crippen LogP contribution in [0.3, 0.4) is 0 Å². The van der Waals surface area contributed by atoms with E-state index in [0.29, 0.717) is 12.0 Å². The Morgan fingerprint density at radius 2 is 2.16 bits per heavy atom. The zero-order chi connectivity index (χ0) is 14.0. The molecule has 0 radical (unpaired) electrons. The third kappa shape index (κ3) is 4.06. The molecule has 0 saturated carbocycles. The van der Waals surface area contributed by atoms with Crippen molar-refractivity contribution < 1.29 is 0 Å². The molecule has 1 fully saturated rings. The molecule has 1 aromatic heterocycles. The van der Waals surface area contributed by atoms with Crippen molar-refractivity contribution in [2.45, 2.75) is 40.2 Å². The van der Waals surface area contributed by atoms with Crippen LogP contribution in [0.5, 0.6) is 0 Å². The molecule has 106 valence electrons. The number of nitrogens with zero attached hydrogens (tertiary/aromatic N) is 3. The molecule has 5 nitrogen and oxygen atoms in total. The van der Waals surface area contributed by atoms with Crippen molar-refractivity contribution in [3.8, 4) is 0 Å². The highest BCUT2D eigenvalue weighted by molar-refractivity contribution is 5.44. The summed E-state index contributed by atoms with van der Waals surface area (Å²) < 4.78 is 0. The van der Waals surface area contributed by atoms with Crippen molar-refractivity contribution in [3.63, 3.8) is 0 Å². The topological polar surface area (TPSA) is 67.1 Å². The molecule has 1 atom stereocenters. The average molecular weight is 263 g/mol. The van der Waals surface area contributed by atoms with Gasteiger partial charge in [-0.2, -0.15) is 4.98 Å². The van der Waals surface area contributed by atoms with E-state index in [9.17, 15) is 0 Å². The Bertz CT molecular complexity index is 438. The number of hydrogen-bond acceptors (Lipinski definition) is 5. The second-order valence-corrected chi connectivity index (χ2v) is 6.61. The van der Waals surface area contributed by atoms with Crippen LogP contribution in [0, 0.1) is 5.41 Å². The summed E-state index contributed by atoms with van der Waals surface area (Å²) in [6, 6.07) is 2.57. The summed E-state index contributed by atoms with van der Waals surface area (Å²) in [5.41, 5.74) is 7.09. The Balaban J connectivity index is 2.21. The minimum atomic E-state index is 0.203. The van der Waals surface area contributed by atoms with Crippen molar-refractivity contribution >= 4 is 11.8 Å². The monoisotopic (exact) mass is 263 g/mol. The lowest BCUT2D eigenvalue weighted by Crippen LogP contribution is -2.49. The molecule has 1 aliphatic rings. The number of anilines is 2. The molecule has 1 aromatic rings. The largest absolute Gasteiger partial charge is 0.368 e. The first-order chi connectivity index (χ1) is 8.83. The standard InChI is InChI=1S/C14H25N5/c1-10-9-19(6-5-16-10)12-7-11(8-14(2,3)4)17-13(15)18-12/h7,10,16H,5-6,8-9H2,1-4H3,(H2,15,17,18). The third-order valence-corrected chi connectivity index (χ3v) is 3.19. The second-order valence-electron chi connectivity index (χ2n) is 6.61. The van der Waals surface area contributed by atoms with E-state index >= 15 is 0 Å². The van der Waals surface area contributed by atoms with Crippen LogP contribution in [0.2, 0.25) is 0 Å². The average Bonchev–Trinajstić information content (AvgIpc) is 2.25. The highest BCUT2D eigenvalue weighted by atomic mass is 15.3. The van der Waals surface area contributed by atoms with Gasteiger partial charge in [0, 0.05) is 37.4 Å². The van der Waals surface area contributed by atoms with Crippen LogP contribution >= 0.6 is 0 Å². The van der Waals surface area contributed by atoms with E-state index in [2.05, 4.69) is 53.9 Å². The first kappa shape index (κ1) is 14.1. The van der Waals surface area contributed by atoms with Gasteiger partial charge in [-0.25, -0.2) is 4.98 Å². The van der Waals surface area contributed by atoms with E-state index in [-0.39, 0.29) is 5.41 Å². The van der Waals surface area contributed by atoms with Gasteiger partial charge in [0.05, 0.1) is 0 Å². The maximum absolute atomic E-state index is 5.86. The van der Waals surface area contributed by atoms with Gasteiger partial charge in [-0.1, -0.05) is 20.8 Å². The molecule has 1 saturated heterocycles. The van der Waals surface area contributed by atoms with Crippen LogP contribution in [0.25, 0.3) is 0 Å². The number of hydrogen-bond donors (Lipinski definition) is 2. The van der Waals surface area contributed by atoms with Gasteiger partial charge in [0.15, 0.2) is 0 Å². The Morgan fingerprint density at radius 3 is 2.79 bits per heavy atom. The third-order valence-electron chi connectivity index (χ3n) is 3.19. The predicted molar refractivity (Wildman–Crippen MR) is 79.3 cm³/mol. The number of aromatic nitrogens is 2. The number of nitrogens with one attached hydrogen (secondary N) is 1. The second kappa shape index (κ2) is 5.33. The van der Waals surface area contributed by atoms with Crippen molar-refractivity contribution in [2.75, 3.05) is 30.3 Å². The van der Waals surface area contributed by atoms with Crippen molar-refractivity contribution in [2.24, 2.45) is 5.41 Å². The normalized spacial score (nSPS) is 20.6. The van der Waals surface area contributed by atoms with Gasteiger partial charge in [-0.05, 0) is 18.8 Å². The molecule has 1 unspecified atom stereocenters. The minimum Gasteiger partial charge on any atom is -0.368 e. The molecule has 19 heavy (non-hydrogen) atoms. The quantitative estimate of drug-likeness (QED) is 0.845. The molecule has 3 N–H and O–H groups in total. The molecule has 5 heteroatoms. The van der Waals surface area contributed by atoms with Crippen molar-refractivity contribution in [1.82, 2.24) is 15.3 Å². The summed E-state index contributed by atoms with van der Waals surface area (Å²) >= 11 is 0. The van der Waals surface area contributed by atoms with Crippen molar-refractivity contribution in [3.05, 3.63) is 11.8 Å². The van der Waals surface area contributed by atoms with Crippen LogP contribution in [0.1, 0.15) is 33.4 Å². The lowest BCUT2D eigenvalue weighted by atomic mass is 9.90. The summed E-state index contributed by atoms with van der Waals surface area (Å²) in [4.78, 5) is 11.0. The number of piperazine rings is 1. The molecule has 2 heterocycles. The van der Waals surface area contributed by atoms with Gasteiger partial charge >= 0.3 is 0 Å². The zero-order valence-electron chi connectivity index (χ0n) is 12.4. The molecule has 0 aliphatic carbocycles. The predicted octanol–water partition coefficient (Wildman–Crippen LogP) is 1.45. The highest BCUT2D eigenvalue weighted by Gasteiger charge is 2.19. The van der Waals surface area contributed by atoms with Gasteiger partial charge in [-0.15, -0.1) is 0 Å². The lowest BCUT2D eigenvalue weighted by Gasteiger charge is -2.33. The van der Waals surface area contributed by atoms with E-state index in [1.54, 1.807) is 0 Å². The molecular weight excluding hydrogens is 238 g/mol. The fourth-order valence-corrected chi connectivity index (χ4v) is 2.44. The van der Waals surface area contributed by atoms with E-state index in [4.69, 9.17) is 5.73 Å². The Labute approximate surface area is 115 Å². The first-order valence-electron chi connectivity index (χ1n) is 6.95. The SMILES string of the molecule is CC1CN(c2cc(CC(C)(C)C)nc(N)n2)CCN1. The molecule has 1 aliphatic heterocycles. The Morgan fingerprint density at radius 1 is 1.42 bits per heavy atom. The maximum atomic E-state index is 5.86. The number of rotatable bonds is 2. The van der Waals surface area contributed by atoms with Crippen LogP contribution in [0.15, 0.2) is 6.07 Å². The minimum absolute atomic E-state index is 0.203. The summed E-state index contributed by atoms with van der Waals surface area (Å²) in [6.45, 7) is 11.7. The molecule has 0 spiro atoms. The smallest absolute Gasteiger partial charge is 0.222 e. The van der Waals surface area contributed by atoms with Gasteiger partial charge in [0.25, 0.3) is 0 Å². The Hall–Kier alpha value is -1.36. The van der Waals surface area contributed by atoms with Gasteiger partial charge in [-0.3, -0.25) is 0 Å². The summed E-state index contributed by atoms with van der Waals surface area (Å²) in [6.07, 6.45) is 0.911. The fourth-order valence-electron chi connectivity index (χ4n) is 2.44. The number of nitrogens with two attached hydrogens (primary N) is 1. The summed E-state index contributed by atoms with van der Waals surface area (Å²) in [7, 11) is 0. The molecule has 2 rings (SSSR count). The van der Waals surface area contributed by atoms with Gasteiger partial charge < -0.3 is 16.0 Å². The fraction of sp³-hybridized carbons (Fsp3) is 0.714. The van der Waals surface area contributed by atoms with E-state index in [0.717, 1.165) is 37.6 Å². The van der Waals surface area contributed by atoms with Crippen LogP contribution in [0.4, 0.5) is 11.8 Å². The van der Waals surface area contributed by atoms with E-state index in [1.165, 1.54) is 0 Å². The molecule has 0 aromatic carbocycles. The number of nitrogen functional groups attached to an aromatic ring is 1. The van der Waals surface area contributed by atoms with Crippen LogP contribution in [-0.2, 0) is 6.42 Å². The summed E-state index contributed by atoms with van der Waals surface area (Å²) in [5, 5.41) is 3.43. The van der Waals surface area contributed by atoms with E-state index in [1.807, 2.05) is 0 Å². The van der Waals surface area contributed by atoms with Crippen LogP contribution in [-0.4, -0.2) is 35.6 Å². The molecular formula is C14H25N5. The van der Waals surface area contributed by atoms with Gasteiger partial charge in [0.2, 0.25) is 5.95 Å². The first-order valence-corrected chi connectivity index (χ1v) is 6.95. The summed E-state index contributed by atoms with van der Waals surface area (Å²) in [5.74, 6) is 1.34. The van der Waals surface area contributed by atoms with Crippen LogP contribution < -0.4 is 16.0 Å². The van der Waals surface area contributed by atoms with Gasteiger partial charge in [0.1, 0.15) is 5.82 Å². The van der Waals surface area contributed by atoms with E-state index < -0.39 is 0 Å². The maximum Gasteiger partial charge on any atom is 0.222 e.